The van der Waals surface area contributed by atoms with E-state index >= 15 is 0 Å². The fraction of sp³-hybridized carbons (Fsp3) is 0.625. The Kier molecular flexibility index (Phi) is 2.26. The Morgan fingerprint density at radius 1 is 1.62 bits per heavy atom. The van der Waals surface area contributed by atoms with E-state index in [2.05, 4.69) is 10.4 Å². The molecule has 0 bridgehead atoms. The van der Waals surface area contributed by atoms with Gasteiger partial charge in [-0.05, 0) is 13.0 Å². The van der Waals surface area contributed by atoms with Crippen LogP contribution in [0.25, 0.3) is 0 Å². The lowest BCUT2D eigenvalue weighted by atomic mass is 10.3. The molecule has 72 valence electrons. The molecule has 5 heteroatoms. The topological polar surface area (TPSA) is 29.9 Å². The van der Waals surface area contributed by atoms with E-state index in [1.165, 1.54) is 12.4 Å². The number of hydrogen-bond donors (Lipinski definition) is 1. The highest BCUT2D eigenvalue weighted by atomic mass is 19.3. The summed E-state index contributed by atoms with van der Waals surface area (Å²) in [6.07, 6.45) is 1.22. The highest BCUT2D eigenvalue weighted by Crippen LogP contribution is 2.20. The molecule has 13 heavy (non-hydrogen) atoms. The van der Waals surface area contributed by atoms with E-state index in [4.69, 9.17) is 0 Å². The third-order valence-electron chi connectivity index (χ3n) is 2.28. The van der Waals surface area contributed by atoms with Gasteiger partial charge in [-0.2, -0.15) is 5.10 Å². The first-order valence-corrected chi connectivity index (χ1v) is 4.30. The maximum Gasteiger partial charge on any atom is 0.266 e. The van der Waals surface area contributed by atoms with Gasteiger partial charge in [0.05, 0.1) is 17.8 Å². The molecule has 0 aromatic carbocycles. The summed E-state index contributed by atoms with van der Waals surface area (Å²) < 4.78 is 26.0. The summed E-state index contributed by atoms with van der Waals surface area (Å²) in [6, 6.07) is 0.243. The van der Waals surface area contributed by atoms with Gasteiger partial charge in [-0.25, -0.2) is 8.78 Å². The van der Waals surface area contributed by atoms with E-state index < -0.39 is 6.43 Å². The molecule has 0 radical (unpaired) electrons. The van der Waals surface area contributed by atoms with Crippen molar-refractivity contribution in [2.75, 3.05) is 13.1 Å². The summed E-state index contributed by atoms with van der Waals surface area (Å²) in [5.41, 5.74) is 0.00639. The highest BCUT2D eigenvalue weighted by molar-refractivity contribution is 5.06. The molecule has 1 aromatic heterocycles. The second kappa shape index (κ2) is 3.41. The highest BCUT2D eigenvalue weighted by Gasteiger charge is 2.18. The second-order valence-corrected chi connectivity index (χ2v) is 3.20. The molecule has 3 nitrogen and oxygen atoms in total. The molecule has 0 unspecified atom stereocenters. The van der Waals surface area contributed by atoms with E-state index in [0.29, 0.717) is 0 Å². The van der Waals surface area contributed by atoms with Gasteiger partial charge in [0.25, 0.3) is 6.43 Å². The molecular formula is C8H11F2N3. The van der Waals surface area contributed by atoms with Crippen LogP contribution in [-0.4, -0.2) is 22.9 Å². The van der Waals surface area contributed by atoms with Crippen LogP contribution in [0.4, 0.5) is 8.78 Å². The summed E-state index contributed by atoms with van der Waals surface area (Å²) in [5, 5.41) is 7.08. The Labute approximate surface area is 74.7 Å². The fourth-order valence-corrected chi connectivity index (χ4v) is 1.53. The zero-order chi connectivity index (χ0) is 9.26. The van der Waals surface area contributed by atoms with Crippen molar-refractivity contribution in [1.29, 1.82) is 0 Å². The van der Waals surface area contributed by atoms with Crippen LogP contribution in [0, 0.1) is 0 Å². The first-order chi connectivity index (χ1) is 6.27. The quantitative estimate of drug-likeness (QED) is 0.757. The molecule has 0 saturated carbocycles. The molecule has 0 spiro atoms. The van der Waals surface area contributed by atoms with E-state index in [9.17, 15) is 8.78 Å². The number of aromatic nitrogens is 2. The van der Waals surface area contributed by atoms with Gasteiger partial charge in [0, 0.05) is 12.7 Å². The smallest absolute Gasteiger partial charge is 0.266 e. The lowest BCUT2D eigenvalue weighted by Gasteiger charge is -2.07. The standard InChI is InChI=1S/C8H11F2N3/c9-8(10)6-3-12-13(5-6)7-1-2-11-4-7/h3,5,7-8,11H,1-2,4H2/t7-/m1/s1. The van der Waals surface area contributed by atoms with E-state index in [1.54, 1.807) is 4.68 Å². The van der Waals surface area contributed by atoms with Gasteiger partial charge in [-0.1, -0.05) is 0 Å². The van der Waals surface area contributed by atoms with Crippen molar-refractivity contribution in [3.05, 3.63) is 18.0 Å². The number of rotatable bonds is 2. The summed E-state index contributed by atoms with van der Waals surface area (Å²) in [4.78, 5) is 0. The molecule has 2 heterocycles. The zero-order valence-corrected chi connectivity index (χ0v) is 7.08. The minimum Gasteiger partial charge on any atom is -0.315 e. The van der Waals surface area contributed by atoms with Crippen LogP contribution in [0.2, 0.25) is 0 Å². The van der Waals surface area contributed by atoms with Crippen LogP contribution in [0.3, 0.4) is 0 Å². The number of nitrogens with zero attached hydrogens (tertiary/aromatic N) is 2. The van der Waals surface area contributed by atoms with Gasteiger partial charge in [0.15, 0.2) is 0 Å². The van der Waals surface area contributed by atoms with E-state index in [1.807, 2.05) is 0 Å². The molecule has 1 aliphatic rings. The van der Waals surface area contributed by atoms with Gasteiger partial charge in [0.2, 0.25) is 0 Å². The van der Waals surface area contributed by atoms with E-state index in [-0.39, 0.29) is 11.6 Å². The van der Waals surface area contributed by atoms with Crippen molar-refractivity contribution in [3.63, 3.8) is 0 Å². The predicted octanol–water partition coefficient (Wildman–Crippen LogP) is 1.36. The molecule has 1 atom stereocenters. The normalized spacial score (nSPS) is 22.8. The minimum absolute atomic E-state index is 0.00639. The average Bonchev–Trinajstić information content (AvgIpc) is 2.75. The average molecular weight is 187 g/mol. The van der Waals surface area contributed by atoms with Gasteiger partial charge in [0.1, 0.15) is 0 Å². The molecule has 0 aliphatic carbocycles. The number of alkyl halides is 2. The Balaban J connectivity index is 2.12. The molecule has 2 rings (SSSR count). The molecule has 1 N–H and O–H groups in total. The molecule has 1 saturated heterocycles. The SMILES string of the molecule is FC(F)c1cnn([C@@H]2CCNC2)c1. The monoisotopic (exact) mass is 187 g/mol. The summed E-state index contributed by atoms with van der Waals surface area (Å²) >= 11 is 0. The Hall–Kier alpha value is -0.970. The molecule has 1 fully saturated rings. The number of hydrogen-bond acceptors (Lipinski definition) is 2. The lowest BCUT2D eigenvalue weighted by molar-refractivity contribution is 0.151. The van der Waals surface area contributed by atoms with Crippen LogP contribution >= 0.6 is 0 Å². The first kappa shape index (κ1) is 8.62. The van der Waals surface area contributed by atoms with Gasteiger partial charge in [-0.3, -0.25) is 4.68 Å². The van der Waals surface area contributed by atoms with Gasteiger partial charge < -0.3 is 5.32 Å². The van der Waals surface area contributed by atoms with Crippen LogP contribution in [0.5, 0.6) is 0 Å². The second-order valence-electron chi connectivity index (χ2n) is 3.20. The lowest BCUT2D eigenvalue weighted by Crippen LogP contribution is -2.13. The molecule has 1 aromatic rings. The summed E-state index contributed by atoms with van der Waals surface area (Å²) in [6.45, 7) is 1.76. The molecular weight excluding hydrogens is 176 g/mol. The Bertz CT molecular complexity index is 279. The third kappa shape index (κ3) is 1.70. The molecule has 1 aliphatic heterocycles. The van der Waals surface area contributed by atoms with Crippen molar-refractivity contribution in [2.24, 2.45) is 0 Å². The van der Waals surface area contributed by atoms with Crippen molar-refractivity contribution in [1.82, 2.24) is 15.1 Å². The number of halogens is 2. The van der Waals surface area contributed by atoms with Crippen molar-refractivity contribution in [2.45, 2.75) is 18.9 Å². The fourth-order valence-electron chi connectivity index (χ4n) is 1.53. The third-order valence-corrected chi connectivity index (χ3v) is 2.28. The summed E-state index contributed by atoms with van der Waals surface area (Å²) in [7, 11) is 0. The Morgan fingerprint density at radius 2 is 2.46 bits per heavy atom. The van der Waals surface area contributed by atoms with Crippen molar-refractivity contribution >= 4 is 0 Å². The van der Waals surface area contributed by atoms with Crippen molar-refractivity contribution in [3.8, 4) is 0 Å². The van der Waals surface area contributed by atoms with Crippen LogP contribution in [-0.2, 0) is 0 Å². The first-order valence-electron chi connectivity index (χ1n) is 4.30. The maximum atomic E-state index is 12.2. The van der Waals surface area contributed by atoms with Crippen LogP contribution in [0.15, 0.2) is 12.4 Å². The van der Waals surface area contributed by atoms with Crippen LogP contribution < -0.4 is 5.32 Å². The predicted molar refractivity (Wildman–Crippen MR) is 43.7 cm³/mol. The Morgan fingerprint density at radius 3 is 3.00 bits per heavy atom. The number of nitrogens with one attached hydrogen (secondary N) is 1. The zero-order valence-electron chi connectivity index (χ0n) is 7.08. The van der Waals surface area contributed by atoms with Crippen LogP contribution in [0.1, 0.15) is 24.5 Å². The maximum absolute atomic E-state index is 12.2. The molecule has 0 amide bonds. The van der Waals surface area contributed by atoms with E-state index in [0.717, 1.165) is 19.5 Å². The minimum atomic E-state index is -2.41. The van der Waals surface area contributed by atoms with Crippen molar-refractivity contribution < 1.29 is 8.78 Å². The largest absolute Gasteiger partial charge is 0.315 e. The van der Waals surface area contributed by atoms with Gasteiger partial charge in [-0.15, -0.1) is 0 Å². The van der Waals surface area contributed by atoms with Gasteiger partial charge >= 0.3 is 0 Å². The summed E-state index contributed by atoms with van der Waals surface area (Å²) in [5.74, 6) is 0.